The van der Waals surface area contributed by atoms with Crippen molar-refractivity contribution in [3.63, 3.8) is 0 Å². The van der Waals surface area contributed by atoms with Crippen molar-refractivity contribution in [1.29, 1.82) is 5.26 Å². The Hall–Kier alpha value is -1.36. The first-order chi connectivity index (χ1) is 6.16. The van der Waals surface area contributed by atoms with Gasteiger partial charge in [-0.25, -0.2) is 4.39 Å². The van der Waals surface area contributed by atoms with Gasteiger partial charge in [-0.3, -0.25) is 0 Å². The van der Waals surface area contributed by atoms with Crippen LogP contribution in [0.2, 0.25) is 0 Å². The Morgan fingerprint density at radius 1 is 1.38 bits per heavy atom. The Morgan fingerprint density at radius 3 is 2.54 bits per heavy atom. The molecule has 0 amide bonds. The first-order valence-corrected chi connectivity index (χ1v) is 4.35. The Bertz CT molecular complexity index is 365. The van der Waals surface area contributed by atoms with Crippen molar-refractivity contribution in [1.82, 2.24) is 0 Å². The molecule has 1 nitrogen and oxygen atoms in total. The summed E-state index contributed by atoms with van der Waals surface area (Å²) in [5.41, 5.74) is 1.36. The van der Waals surface area contributed by atoms with Crippen LogP contribution < -0.4 is 0 Å². The molecule has 2 rings (SSSR count). The Morgan fingerprint density at radius 2 is 2.08 bits per heavy atom. The van der Waals surface area contributed by atoms with Gasteiger partial charge in [0.15, 0.2) is 0 Å². The minimum absolute atomic E-state index is 0.239. The Kier molecular flexibility index (Phi) is 1.63. The molecular weight excluding hydrogens is 165 g/mol. The second-order valence-electron chi connectivity index (χ2n) is 3.71. The van der Waals surface area contributed by atoms with E-state index in [1.807, 2.05) is 13.0 Å². The quantitative estimate of drug-likeness (QED) is 0.643. The zero-order valence-electron chi connectivity index (χ0n) is 7.47. The summed E-state index contributed by atoms with van der Waals surface area (Å²) < 4.78 is 13.0. The molecule has 1 aliphatic rings. The molecule has 1 aromatic rings. The third-order valence-electron chi connectivity index (χ3n) is 2.56. The molecule has 1 aromatic carbocycles. The van der Waals surface area contributed by atoms with Crippen molar-refractivity contribution in [3.05, 3.63) is 35.1 Å². The van der Waals surface area contributed by atoms with E-state index < -0.39 is 0 Å². The molecule has 0 bridgehead atoms. The van der Waals surface area contributed by atoms with E-state index in [9.17, 15) is 4.39 Å². The highest BCUT2D eigenvalue weighted by molar-refractivity contribution is 5.40. The number of nitrogens with zero attached hydrogens (tertiary/aromatic N) is 1. The summed E-state index contributed by atoms with van der Waals surface area (Å²) in [5, 5.41) is 8.92. The van der Waals surface area contributed by atoms with Gasteiger partial charge in [0.05, 0.1) is 11.5 Å². The summed E-state index contributed by atoms with van der Waals surface area (Å²) in [6, 6.07) is 7.12. The number of hydrogen-bond acceptors (Lipinski definition) is 1. The average Bonchev–Trinajstić information content (AvgIpc) is 2.82. The number of nitriles is 1. The number of hydrogen-bond donors (Lipinski definition) is 0. The highest BCUT2D eigenvalue weighted by Crippen LogP contribution is 2.47. The highest BCUT2D eigenvalue weighted by atomic mass is 19.1. The number of aryl methyl sites for hydroxylation is 1. The minimum Gasteiger partial charge on any atom is -0.207 e. The van der Waals surface area contributed by atoms with E-state index in [2.05, 4.69) is 6.07 Å². The fraction of sp³-hybridized carbons (Fsp3) is 0.364. The standard InChI is InChI=1S/C11H10FN/c1-8-4-9(6-10(12)5-8)11(7-13)2-3-11/h4-6H,2-3H2,1H3. The van der Waals surface area contributed by atoms with E-state index in [0.717, 1.165) is 24.0 Å². The normalized spacial score (nSPS) is 17.9. The van der Waals surface area contributed by atoms with Gasteiger partial charge in [0, 0.05) is 0 Å². The van der Waals surface area contributed by atoms with Crippen LogP contribution in [0, 0.1) is 24.1 Å². The molecule has 0 N–H and O–H groups in total. The molecule has 0 aromatic heterocycles. The minimum atomic E-state index is -0.368. The van der Waals surface area contributed by atoms with Crippen LogP contribution in [0.25, 0.3) is 0 Å². The largest absolute Gasteiger partial charge is 0.207 e. The zero-order chi connectivity index (χ0) is 9.47. The third-order valence-corrected chi connectivity index (χ3v) is 2.56. The molecule has 0 aliphatic heterocycles. The van der Waals surface area contributed by atoms with Crippen LogP contribution >= 0.6 is 0 Å². The predicted molar refractivity (Wildman–Crippen MR) is 47.7 cm³/mol. The number of benzene rings is 1. The number of halogens is 1. The first-order valence-electron chi connectivity index (χ1n) is 4.35. The second kappa shape index (κ2) is 2.56. The van der Waals surface area contributed by atoms with E-state index in [1.54, 1.807) is 0 Å². The van der Waals surface area contributed by atoms with Gasteiger partial charge in [-0.1, -0.05) is 6.07 Å². The fourth-order valence-corrected chi connectivity index (χ4v) is 1.60. The summed E-state index contributed by atoms with van der Waals surface area (Å²) in [5.74, 6) is -0.239. The van der Waals surface area contributed by atoms with Gasteiger partial charge >= 0.3 is 0 Å². The summed E-state index contributed by atoms with van der Waals surface area (Å²) in [4.78, 5) is 0. The smallest absolute Gasteiger partial charge is 0.123 e. The summed E-state index contributed by atoms with van der Waals surface area (Å²) in [6.07, 6.45) is 1.73. The van der Waals surface area contributed by atoms with Crippen LogP contribution in [-0.2, 0) is 5.41 Å². The lowest BCUT2D eigenvalue weighted by atomic mass is 9.96. The van der Waals surface area contributed by atoms with E-state index in [0.29, 0.717) is 0 Å². The van der Waals surface area contributed by atoms with Gasteiger partial charge in [0.1, 0.15) is 5.82 Å². The van der Waals surface area contributed by atoms with Gasteiger partial charge in [-0.2, -0.15) is 5.26 Å². The molecule has 0 heterocycles. The van der Waals surface area contributed by atoms with Crippen molar-refractivity contribution in [2.24, 2.45) is 0 Å². The molecule has 0 spiro atoms. The predicted octanol–water partition coefficient (Wildman–Crippen LogP) is 2.69. The monoisotopic (exact) mass is 175 g/mol. The van der Waals surface area contributed by atoms with Crippen molar-refractivity contribution in [2.75, 3.05) is 0 Å². The zero-order valence-corrected chi connectivity index (χ0v) is 7.47. The van der Waals surface area contributed by atoms with Crippen LogP contribution in [0.4, 0.5) is 4.39 Å². The van der Waals surface area contributed by atoms with Crippen LogP contribution in [0.15, 0.2) is 18.2 Å². The van der Waals surface area contributed by atoms with E-state index in [1.165, 1.54) is 12.1 Å². The van der Waals surface area contributed by atoms with Gasteiger partial charge in [0.25, 0.3) is 0 Å². The van der Waals surface area contributed by atoms with E-state index >= 15 is 0 Å². The molecule has 1 aliphatic carbocycles. The number of rotatable bonds is 1. The maximum Gasteiger partial charge on any atom is 0.123 e. The summed E-state index contributed by atoms with van der Waals surface area (Å²) in [7, 11) is 0. The van der Waals surface area contributed by atoms with Gasteiger partial charge in [0.2, 0.25) is 0 Å². The van der Waals surface area contributed by atoms with Crippen molar-refractivity contribution < 1.29 is 4.39 Å². The Labute approximate surface area is 76.8 Å². The van der Waals surface area contributed by atoms with Crippen molar-refractivity contribution in [2.45, 2.75) is 25.2 Å². The maximum atomic E-state index is 13.0. The summed E-state index contributed by atoms with van der Waals surface area (Å²) >= 11 is 0. The molecule has 0 radical (unpaired) electrons. The molecule has 1 saturated carbocycles. The van der Waals surface area contributed by atoms with E-state index in [4.69, 9.17) is 5.26 Å². The fourth-order valence-electron chi connectivity index (χ4n) is 1.60. The molecular formula is C11H10FN. The molecule has 1 fully saturated rings. The lowest BCUT2D eigenvalue weighted by Gasteiger charge is -2.06. The van der Waals surface area contributed by atoms with Gasteiger partial charge in [-0.05, 0) is 43.0 Å². The maximum absolute atomic E-state index is 13.0. The van der Waals surface area contributed by atoms with Crippen LogP contribution in [0.1, 0.15) is 24.0 Å². The lowest BCUT2D eigenvalue weighted by Crippen LogP contribution is -2.03. The molecule has 0 saturated heterocycles. The van der Waals surface area contributed by atoms with E-state index in [-0.39, 0.29) is 11.2 Å². The molecule has 66 valence electrons. The van der Waals surface area contributed by atoms with Crippen molar-refractivity contribution >= 4 is 0 Å². The topological polar surface area (TPSA) is 23.8 Å². The molecule has 0 atom stereocenters. The Balaban J connectivity index is 2.48. The third kappa shape index (κ3) is 1.31. The lowest BCUT2D eigenvalue weighted by molar-refractivity contribution is 0.622. The van der Waals surface area contributed by atoms with Crippen LogP contribution in [0.5, 0.6) is 0 Å². The summed E-state index contributed by atoms with van der Waals surface area (Å²) in [6.45, 7) is 1.85. The highest BCUT2D eigenvalue weighted by Gasteiger charge is 2.45. The van der Waals surface area contributed by atoms with Gasteiger partial charge < -0.3 is 0 Å². The van der Waals surface area contributed by atoms with Crippen LogP contribution in [0.3, 0.4) is 0 Å². The van der Waals surface area contributed by atoms with Crippen molar-refractivity contribution in [3.8, 4) is 6.07 Å². The van der Waals surface area contributed by atoms with Gasteiger partial charge in [-0.15, -0.1) is 0 Å². The first kappa shape index (κ1) is 8.25. The molecule has 13 heavy (non-hydrogen) atoms. The molecule has 0 unspecified atom stereocenters. The second-order valence-corrected chi connectivity index (χ2v) is 3.71. The van der Waals surface area contributed by atoms with Crippen LogP contribution in [-0.4, -0.2) is 0 Å². The SMILES string of the molecule is Cc1cc(F)cc(C2(C#N)CC2)c1. The molecule has 2 heteroatoms. The average molecular weight is 175 g/mol.